The standard InChI is InChI=1S/C26H25N5O5.BrH/c32-23(30-25-28-15-27-16-29-25)14-31-11-9-17(10-12-31)22(13-31)36-24(33)26(34)18-5-1-3-7-20(18)35-21-8-4-2-6-19(21)26;/h1-8,15-17,22,34H,9-14H2;1H/t17?,22-,31?;/m0./s1. The number of carbonyl (C=O) groups excluding carboxylic acids is 2. The predicted molar refractivity (Wildman–Crippen MR) is 127 cm³/mol. The number of nitrogens with one attached hydrogen (secondary N) is 1. The average Bonchev–Trinajstić information content (AvgIpc) is 2.90. The first-order valence-electron chi connectivity index (χ1n) is 12.0. The van der Waals surface area contributed by atoms with E-state index in [1.165, 1.54) is 12.7 Å². The summed E-state index contributed by atoms with van der Waals surface area (Å²) in [6.45, 7) is 2.40. The third-order valence-corrected chi connectivity index (χ3v) is 7.59. The van der Waals surface area contributed by atoms with Crippen LogP contribution in [0.3, 0.4) is 0 Å². The van der Waals surface area contributed by atoms with Crippen molar-refractivity contribution >= 4 is 17.8 Å². The Morgan fingerprint density at radius 2 is 1.62 bits per heavy atom. The van der Waals surface area contributed by atoms with Crippen LogP contribution in [0.15, 0.2) is 61.2 Å². The lowest BCUT2D eigenvalue weighted by Crippen LogP contribution is -3.00. The zero-order chi connectivity index (χ0) is 24.8. The number of fused-ring (bicyclic) bond motifs is 5. The van der Waals surface area contributed by atoms with Crippen LogP contribution in [0.25, 0.3) is 0 Å². The molecule has 11 heteroatoms. The van der Waals surface area contributed by atoms with Gasteiger partial charge in [0.15, 0.2) is 12.6 Å². The van der Waals surface area contributed by atoms with Gasteiger partial charge in [-0.15, -0.1) is 0 Å². The molecule has 4 aliphatic rings. The van der Waals surface area contributed by atoms with E-state index in [1.807, 2.05) is 0 Å². The first-order valence-corrected chi connectivity index (χ1v) is 12.0. The number of aliphatic hydroxyl groups is 1. The van der Waals surface area contributed by atoms with E-state index >= 15 is 0 Å². The summed E-state index contributed by atoms with van der Waals surface area (Å²) < 4.78 is 12.5. The maximum absolute atomic E-state index is 13.7. The molecule has 37 heavy (non-hydrogen) atoms. The van der Waals surface area contributed by atoms with Crippen molar-refractivity contribution in [3.8, 4) is 11.5 Å². The summed E-state index contributed by atoms with van der Waals surface area (Å²) in [5.74, 6) is 0.317. The summed E-state index contributed by atoms with van der Waals surface area (Å²) in [5.41, 5.74) is -1.27. The molecule has 3 fully saturated rings. The Morgan fingerprint density at radius 1 is 1.03 bits per heavy atom. The van der Waals surface area contributed by atoms with Crippen molar-refractivity contribution in [2.24, 2.45) is 5.92 Å². The van der Waals surface area contributed by atoms with Crippen molar-refractivity contribution < 1.29 is 45.6 Å². The monoisotopic (exact) mass is 567 g/mol. The Balaban J connectivity index is 0.00000280. The molecule has 0 spiro atoms. The third-order valence-electron chi connectivity index (χ3n) is 7.59. The van der Waals surface area contributed by atoms with Gasteiger partial charge in [0.25, 0.3) is 5.91 Å². The maximum Gasteiger partial charge on any atom is 0.348 e. The first kappa shape index (κ1) is 25.2. The molecule has 0 unspecified atom stereocenters. The molecular weight excluding hydrogens is 542 g/mol. The van der Waals surface area contributed by atoms with Crippen LogP contribution >= 0.6 is 0 Å². The fraction of sp³-hybridized carbons (Fsp3) is 0.346. The van der Waals surface area contributed by atoms with E-state index in [0.717, 1.165) is 25.9 Å². The van der Waals surface area contributed by atoms with Crippen LogP contribution in [0.5, 0.6) is 11.5 Å². The zero-order valence-corrected chi connectivity index (χ0v) is 21.5. The number of anilines is 1. The number of quaternary nitrogens is 1. The summed E-state index contributed by atoms with van der Waals surface area (Å²) in [6, 6.07) is 13.9. The molecule has 7 rings (SSSR count). The van der Waals surface area contributed by atoms with Gasteiger partial charge in [0.1, 0.15) is 30.7 Å². The topological polar surface area (TPSA) is 124 Å². The molecular formula is C26H26BrN5O5. The van der Waals surface area contributed by atoms with Crippen LogP contribution in [0.1, 0.15) is 24.0 Å². The fourth-order valence-electron chi connectivity index (χ4n) is 5.76. The number of ether oxygens (including phenoxy) is 2. The van der Waals surface area contributed by atoms with E-state index in [1.54, 1.807) is 48.5 Å². The lowest BCUT2D eigenvalue weighted by Gasteiger charge is -2.51. The number of hydrogen-bond donors (Lipinski definition) is 2. The van der Waals surface area contributed by atoms with Gasteiger partial charge in [-0.25, -0.2) is 19.7 Å². The smallest absolute Gasteiger partial charge is 0.348 e. The third kappa shape index (κ3) is 4.47. The van der Waals surface area contributed by atoms with Crippen LogP contribution in [0, 0.1) is 5.92 Å². The van der Waals surface area contributed by atoms with Gasteiger partial charge in [-0.3, -0.25) is 10.1 Å². The zero-order valence-electron chi connectivity index (χ0n) is 19.9. The molecule has 0 saturated carbocycles. The van der Waals surface area contributed by atoms with E-state index in [0.29, 0.717) is 33.7 Å². The summed E-state index contributed by atoms with van der Waals surface area (Å²) in [7, 11) is 0. The largest absolute Gasteiger partial charge is 1.00 e. The number of halogens is 1. The minimum atomic E-state index is -1.99. The van der Waals surface area contributed by atoms with E-state index < -0.39 is 17.7 Å². The molecule has 10 nitrogen and oxygen atoms in total. The van der Waals surface area contributed by atoms with Crippen molar-refractivity contribution in [3.05, 3.63) is 72.3 Å². The summed E-state index contributed by atoms with van der Waals surface area (Å²) >= 11 is 0. The fourth-order valence-corrected chi connectivity index (χ4v) is 5.76. The Hall–Kier alpha value is -3.41. The Morgan fingerprint density at radius 3 is 2.24 bits per heavy atom. The minimum absolute atomic E-state index is 0. The molecule has 2 bridgehead atoms. The van der Waals surface area contributed by atoms with Gasteiger partial charge in [0.05, 0.1) is 13.1 Å². The number of amides is 1. The first-order chi connectivity index (χ1) is 17.5. The molecule has 2 N–H and O–H groups in total. The molecule has 0 aliphatic carbocycles. The van der Waals surface area contributed by atoms with E-state index in [2.05, 4.69) is 20.3 Å². The highest BCUT2D eigenvalue weighted by molar-refractivity contribution is 5.90. The molecule has 1 atom stereocenters. The average molecular weight is 568 g/mol. The van der Waals surface area contributed by atoms with Crippen LogP contribution in [-0.4, -0.2) is 68.7 Å². The van der Waals surface area contributed by atoms with Crippen molar-refractivity contribution in [3.63, 3.8) is 0 Å². The molecule has 2 aromatic carbocycles. The van der Waals surface area contributed by atoms with Gasteiger partial charge in [-0.2, -0.15) is 0 Å². The van der Waals surface area contributed by atoms with Crippen LogP contribution in [0.4, 0.5) is 5.95 Å². The molecule has 192 valence electrons. The van der Waals surface area contributed by atoms with Crippen LogP contribution in [0.2, 0.25) is 0 Å². The van der Waals surface area contributed by atoms with Crippen LogP contribution < -0.4 is 27.0 Å². The SMILES string of the molecule is O=C(C[N+]12CCC(CC1)[C@@H](OC(=O)C1(O)c3ccccc3Oc3ccccc31)C2)Nc1ncncn1.[Br-]. The second-order valence-electron chi connectivity index (χ2n) is 9.73. The van der Waals surface area contributed by atoms with E-state index in [4.69, 9.17) is 9.47 Å². The maximum atomic E-state index is 13.7. The molecule has 4 aliphatic heterocycles. The Bertz CT molecular complexity index is 1270. The highest BCUT2D eigenvalue weighted by atomic mass is 79.9. The molecule has 0 radical (unpaired) electrons. The highest BCUT2D eigenvalue weighted by Crippen LogP contribution is 2.48. The lowest BCUT2D eigenvalue weighted by atomic mass is 9.81. The van der Waals surface area contributed by atoms with Crippen molar-refractivity contribution in [2.75, 3.05) is 31.5 Å². The number of rotatable bonds is 5. The number of piperidine rings is 3. The number of aromatic nitrogens is 3. The molecule has 1 amide bonds. The number of hydrogen-bond acceptors (Lipinski definition) is 8. The summed E-state index contributed by atoms with van der Waals surface area (Å²) in [4.78, 5) is 38.2. The summed E-state index contributed by atoms with van der Waals surface area (Å²) in [5, 5.41) is 14.6. The predicted octanol–water partition coefficient (Wildman–Crippen LogP) is -0.992. The number of nitrogens with zero attached hydrogens (tertiary/aromatic N) is 4. The van der Waals surface area contributed by atoms with Gasteiger partial charge in [-0.1, -0.05) is 36.4 Å². The van der Waals surface area contributed by atoms with Crippen LogP contribution in [-0.2, 0) is 19.9 Å². The lowest BCUT2D eigenvalue weighted by molar-refractivity contribution is -0.939. The van der Waals surface area contributed by atoms with Crippen molar-refractivity contribution in [1.82, 2.24) is 15.0 Å². The van der Waals surface area contributed by atoms with E-state index in [-0.39, 0.29) is 41.3 Å². The number of carbonyl (C=O) groups is 2. The van der Waals surface area contributed by atoms with Gasteiger partial charge in [0.2, 0.25) is 11.5 Å². The van der Waals surface area contributed by atoms with Crippen molar-refractivity contribution in [2.45, 2.75) is 24.5 Å². The normalized spacial score (nSPS) is 24.5. The number of para-hydroxylation sites is 2. The van der Waals surface area contributed by atoms with Crippen molar-refractivity contribution in [1.29, 1.82) is 0 Å². The summed E-state index contributed by atoms with van der Waals surface area (Å²) in [6.07, 6.45) is 3.93. The molecule has 3 aromatic rings. The number of benzene rings is 2. The van der Waals surface area contributed by atoms with Gasteiger partial charge >= 0.3 is 5.97 Å². The van der Waals surface area contributed by atoms with Gasteiger partial charge in [0, 0.05) is 29.9 Å². The Labute approximate surface area is 224 Å². The Kier molecular flexibility index (Phi) is 6.69. The second kappa shape index (κ2) is 9.81. The van der Waals surface area contributed by atoms with Gasteiger partial charge < -0.3 is 36.0 Å². The minimum Gasteiger partial charge on any atom is -1.00 e. The number of esters is 1. The molecule has 5 heterocycles. The highest BCUT2D eigenvalue weighted by Gasteiger charge is 2.53. The molecule has 1 aromatic heterocycles. The quantitative estimate of drug-likeness (QED) is 0.297. The van der Waals surface area contributed by atoms with Gasteiger partial charge in [-0.05, 0) is 12.1 Å². The second-order valence-corrected chi connectivity index (χ2v) is 9.73. The molecule has 3 saturated heterocycles. The van der Waals surface area contributed by atoms with E-state index in [9.17, 15) is 14.7 Å².